The maximum Gasteiger partial charge on any atom is 0.191 e. The van der Waals surface area contributed by atoms with E-state index in [1.165, 1.54) is 5.56 Å². The van der Waals surface area contributed by atoms with E-state index in [1.54, 1.807) is 21.3 Å². The van der Waals surface area contributed by atoms with Gasteiger partial charge in [0.05, 0.1) is 7.11 Å². The Labute approximate surface area is 139 Å². The molecule has 0 aliphatic rings. The van der Waals surface area contributed by atoms with Gasteiger partial charge in [-0.1, -0.05) is 12.1 Å². The lowest BCUT2D eigenvalue weighted by Gasteiger charge is -2.18. The fraction of sp³-hybridized carbons (Fsp3) is 0.588. The van der Waals surface area contributed by atoms with Gasteiger partial charge in [-0.05, 0) is 31.2 Å². The van der Waals surface area contributed by atoms with Crippen molar-refractivity contribution in [3.63, 3.8) is 0 Å². The summed E-state index contributed by atoms with van der Waals surface area (Å²) in [5, 5.41) is 6.63. The number of ether oxygens (including phenoxy) is 2. The Morgan fingerprint density at radius 1 is 1.13 bits per heavy atom. The van der Waals surface area contributed by atoms with Crippen LogP contribution in [0.25, 0.3) is 0 Å². The van der Waals surface area contributed by atoms with Gasteiger partial charge in [-0.3, -0.25) is 4.99 Å². The second-order valence-corrected chi connectivity index (χ2v) is 5.35. The lowest BCUT2D eigenvalue weighted by atomic mass is 10.2. The van der Waals surface area contributed by atoms with Crippen LogP contribution in [0.5, 0.6) is 5.75 Å². The molecule has 0 aliphatic carbocycles. The Bertz CT molecular complexity index is 448. The van der Waals surface area contributed by atoms with Crippen LogP contribution >= 0.6 is 0 Å². The van der Waals surface area contributed by atoms with Crippen molar-refractivity contribution >= 4 is 5.96 Å². The molecule has 0 bridgehead atoms. The standard InChI is InChI=1S/C17H30N4O2/c1-18-17(19-10-12-21(2)11-5-13-22-3)20-14-15-6-8-16(23-4)9-7-15/h6-9H,5,10-14H2,1-4H3,(H2,18,19,20). The van der Waals surface area contributed by atoms with Crippen molar-refractivity contribution in [1.29, 1.82) is 0 Å². The number of guanidine groups is 1. The van der Waals surface area contributed by atoms with Gasteiger partial charge in [0, 0.05) is 46.9 Å². The highest BCUT2D eigenvalue weighted by Gasteiger charge is 2.01. The first kappa shape index (κ1) is 19.3. The van der Waals surface area contributed by atoms with Crippen molar-refractivity contribution in [3.8, 4) is 5.75 Å². The maximum atomic E-state index is 5.16. The highest BCUT2D eigenvalue weighted by molar-refractivity contribution is 5.79. The molecule has 0 fully saturated rings. The van der Waals surface area contributed by atoms with Crippen molar-refractivity contribution in [1.82, 2.24) is 15.5 Å². The van der Waals surface area contributed by atoms with Crippen LogP contribution in [0.2, 0.25) is 0 Å². The van der Waals surface area contributed by atoms with Crippen LogP contribution < -0.4 is 15.4 Å². The van der Waals surface area contributed by atoms with E-state index in [0.29, 0.717) is 0 Å². The summed E-state index contributed by atoms with van der Waals surface area (Å²) in [4.78, 5) is 6.52. The minimum atomic E-state index is 0.730. The van der Waals surface area contributed by atoms with Crippen molar-refractivity contribution in [2.45, 2.75) is 13.0 Å². The number of likely N-dealkylation sites (N-methyl/N-ethyl adjacent to an activating group) is 1. The minimum absolute atomic E-state index is 0.730. The second kappa shape index (κ2) is 11.7. The molecule has 0 amide bonds. The van der Waals surface area contributed by atoms with Crippen LogP contribution in [-0.2, 0) is 11.3 Å². The number of benzene rings is 1. The summed E-state index contributed by atoms with van der Waals surface area (Å²) in [5.74, 6) is 1.68. The number of rotatable bonds is 10. The Balaban J connectivity index is 2.23. The van der Waals surface area contributed by atoms with E-state index >= 15 is 0 Å². The summed E-state index contributed by atoms with van der Waals surface area (Å²) < 4.78 is 10.2. The van der Waals surface area contributed by atoms with Gasteiger partial charge in [-0.25, -0.2) is 0 Å². The maximum absolute atomic E-state index is 5.16. The van der Waals surface area contributed by atoms with Crippen LogP contribution in [0, 0.1) is 0 Å². The predicted octanol–water partition coefficient (Wildman–Crippen LogP) is 1.33. The van der Waals surface area contributed by atoms with E-state index in [0.717, 1.165) is 50.9 Å². The van der Waals surface area contributed by atoms with Crippen LogP contribution in [0.15, 0.2) is 29.3 Å². The molecule has 0 heterocycles. The fourth-order valence-corrected chi connectivity index (χ4v) is 2.11. The molecule has 1 aromatic rings. The molecule has 0 saturated heterocycles. The molecule has 1 aromatic carbocycles. The largest absolute Gasteiger partial charge is 0.497 e. The van der Waals surface area contributed by atoms with E-state index in [9.17, 15) is 0 Å². The monoisotopic (exact) mass is 322 g/mol. The average Bonchev–Trinajstić information content (AvgIpc) is 2.58. The van der Waals surface area contributed by atoms with Crippen LogP contribution in [0.3, 0.4) is 0 Å². The highest BCUT2D eigenvalue weighted by Crippen LogP contribution is 2.10. The third-order valence-electron chi connectivity index (χ3n) is 3.52. The molecule has 0 atom stereocenters. The summed E-state index contributed by atoms with van der Waals surface area (Å²) in [6, 6.07) is 8.01. The molecule has 0 unspecified atom stereocenters. The number of methoxy groups -OCH3 is 2. The summed E-state index contributed by atoms with van der Waals surface area (Å²) in [6.07, 6.45) is 1.05. The molecule has 0 aliphatic heterocycles. The molecule has 130 valence electrons. The topological polar surface area (TPSA) is 58.1 Å². The van der Waals surface area contributed by atoms with Gasteiger partial charge in [-0.15, -0.1) is 0 Å². The number of nitrogens with one attached hydrogen (secondary N) is 2. The van der Waals surface area contributed by atoms with Gasteiger partial charge >= 0.3 is 0 Å². The summed E-state index contributed by atoms with van der Waals surface area (Å²) >= 11 is 0. The fourth-order valence-electron chi connectivity index (χ4n) is 2.11. The second-order valence-electron chi connectivity index (χ2n) is 5.35. The molecule has 6 nitrogen and oxygen atoms in total. The van der Waals surface area contributed by atoms with Crippen molar-refractivity contribution in [2.75, 3.05) is 54.6 Å². The van der Waals surface area contributed by atoms with E-state index in [4.69, 9.17) is 9.47 Å². The lowest BCUT2D eigenvalue weighted by molar-refractivity contribution is 0.180. The molecule has 0 radical (unpaired) electrons. The zero-order valence-corrected chi connectivity index (χ0v) is 14.8. The quantitative estimate of drug-likeness (QED) is 0.387. The number of nitrogens with zero attached hydrogens (tertiary/aromatic N) is 2. The lowest BCUT2D eigenvalue weighted by Crippen LogP contribution is -2.40. The number of hydrogen-bond donors (Lipinski definition) is 2. The van der Waals surface area contributed by atoms with Crippen molar-refractivity contribution in [3.05, 3.63) is 29.8 Å². The SMILES string of the molecule is CN=C(NCCN(C)CCCOC)NCc1ccc(OC)cc1. The van der Waals surface area contributed by atoms with E-state index in [2.05, 4.69) is 27.6 Å². The third-order valence-corrected chi connectivity index (χ3v) is 3.52. The summed E-state index contributed by atoms with van der Waals surface area (Å²) in [5.41, 5.74) is 1.19. The van der Waals surface area contributed by atoms with Gasteiger partial charge in [0.1, 0.15) is 5.75 Å². The Morgan fingerprint density at radius 3 is 2.48 bits per heavy atom. The number of hydrogen-bond acceptors (Lipinski definition) is 4. The van der Waals surface area contributed by atoms with E-state index < -0.39 is 0 Å². The molecule has 0 saturated carbocycles. The van der Waals surface area contributed by atoms with Gasteiger partial charge in [0.15, 0.2) is 5.96 Å². The Kier molecular flexibility index (Phi) is 9.83. The van der Waals surface area contributed by atoms with Gasteiger partial charge in [-0.2, -0.15) is 0 Å². The van der Waals surface area contributed by atoms with E-state index in [-0.39, 0.29) is 0 Å². The molecule has 0 spiro atoms. The predicted molar refractivity (Wildman–Crippen MR) is 95.2 cm³/mol. The smallest absolute Gasteiger partial charge is 0.191 e. The minimum Gasteiger partial charge on any atom is -0.497 e. The highest BCUT2D eigenvalue weighted by atomic mass is 16.5. The third kappa shape index (κ3) is 8.42. The van der Waals surface area contributed by atoms with Crippen LogP contribution in [-0.4, -0.2) is 65.4 Å². The first-order valence-electron chi connectivity index (χ1n) is 7.94. The van der Waals surface area contributed by atoms with Crippen LogP contribution in [0.4, 0.5) is 0 Å². The molecule has 1 rings (SSSR count). The molecule has 0 aromatic heterocycles. The normalized spacial score (nSPS) is 11.6. The first-order valence-corrected chi connectivity index (χ1v) is 7.94. The summed E-state index contributed by atoms with van der Waals surface area (Å²) in [7, 11) is 7.31. The Hall–Kier alpha value is -1.79. The molecule has 23 heavy (non-hydrogen) atoms. The zero-order valence-electron chi connectivity index (χ0n) is 14.8. The first-order chi connectivity index (χ1) is 11.2. The number of aliphatic imine (C=N–C) groups is 1. The Morgan fingerprint density at radius 2 is 1.87 bits per heavy atom. The summed E-state index contributed by atoms with van der Waals surface area (Å²) in [6.45, 7) is 4.39. The molecule has 2 N–H and O–H groups in total. The van der Waals surface area contributed by atoms with Crippen LogP contribution in [0.1, 0.15) is 12.0 Å². The molecule has 6 heteroatoms. The average molecular weight is 322 g/mol. The molecular weight excluding hydrogens is 292 g/mol. The van der Waals surface area contributed by atoms with Gasteiger partial charge in [0.2, 0.25) is 0 Å². The van der Waals surface area contributed by atoms with Gasteiger partial charge in [0.25, 0.3) is 0 Å². The van der Waals surface area contributed by atoms with Crippen molar-refractivity contribution in [2.24, 2.45) is 4.99 Å². The zero-order chi connectivity index (χ0) is 16.9. The van der Waals surface area contributed by atoms with Gasteiger partial charge < -0.3 is 25.0 Å². The van der Waals surface area contributed by atoms with Crippen molar-refractivity contribution < 1.29 is 9.47 Å². The molecular formula is C17H30N4O2. The van der Waals surface area contributed by atoms with E-state index in [1.807, 2.05) is 24.3 Å².